The van der Waals surface area contributed by atoms with Crippen LogP contribution in [0.2, 0.25) is 0 Å². The van der Waals surface area contributed by atoms with Crippen LogP contribution in [0.3, 0.4) is 0 Å². The van der Waals surface area contributed by atoms with Gasteiger partial charge in [-0.05, 0) is 43.2 Å². The fourth-order valence-electron chi connectivity index (χ4n) is 2.68. The molecule has 2 aliphatic rings. The third kappa shape index (κ3) is 0.846. The van der Waals surface area contributed by atoms with Crippen molar-refractivity contribution in [2.75, 3.05) is 6.61 Å². The molecule has 1 heterocycles. The number of nitrogens with one attached hydrogen (secondary N) is 1. The van der Waals surface area contributed by atoms with Gasteiger partial charge in [0.15, 0.2) is 0 Å². The molecule has 1 aromatic rings. The van der Waals surface area contributed by atoms with Crippen molar-refractivity contribution in [3.8, 4) is 0 Å². The molecule has 1 N–H and O–H groups in total. The van der Waals surface area contributed by atoms with Gasteiger partial charge in [-0.1, -0.05) is 0 Å². The number of H-pyrrole nitrogens is 1. The molecule has 3 rings (SSSR count). The van der Waals surface area contributed by atoms with E-state index >= 15 is 0 Å². The van der Waals surface area contributed by atoms with Gasteiger partial charge >= 0.3 is 5.97 Å². The van der Waals surface area contributed by atoms with E-state index in [1.165, 1.54) is 23.2 Å². The molecular weight excluding hydrogens is 178 g/mol. The first kappa shape index (κ1) is 8.09. The van der Waals surface area contributed by atoms with Crippen LogP contribution < -0.4 is 0 Å². The fourth-order valence-corrected chi connectivity index (χ4v) is 2.68. The summed E-state index contributed by atoms with van der Waals surface area (Å²) in [5.41, 5.74) is 4.64. The number of carbonyl (C=O) groups excluding carboxylic acids is 1. The summed E-state index contributed by atoms with van der Waals surface area (Å²) < 4.78 is 5.01. The average molecular weight is 191 g/mol. The van der Waals surface area contributed by atoms with Crippen LogP contribution in [0, 0.1) is 0 Å². The monoisotopic (exact) mass is 191 g/mol. The van der Waals surface area contributed by atoms with E-state index in [2.05, 4.69) is 4.98 Å². The second kappa shape index (κ2) is 2.62. The van der Waals surface area contributed by atoms with Crippen LogP contribution in [0.5, 0.6) is 0 Å². The Bertz CT molecular complexity index is 406. The molecule has 2 aliphatic carbocycles. The van der Waals surface area contributed by atoms with Crippen molar-refractivity contribution in [1.82, 2.24) is 4.98 Å². The van der Waals surface area contributed by atoms with Gasteiger partial charge in [-0.3, -0.25) is 0 Å². The maximum atomic E-state index is 11.6. The van der Waals surface area contributed by atoms with E-state index < -0.39 is 0 Å². The number of aromatic amines is 1. The summed E-state index contributed by atoms with van der Waals surface area (Å²) in [4.78, 5) is 14.8. The van der Waals surface area contributed by atoms with E-state index in [1.54, 1.807) is 0 Å². The van der Waals surface area contributed by atoms with Gasteiger partial charge in [0.25, 0.3) is 0 Å². The van der Waals surface area contributed by atoms with Gasteiger partial charge < -0.3 is 9.72 Å². The molecule has 0 amide bonds. The van der Waals surface area contributed by atoms with Crippen molar-refractivity contribution in [3.05, 3.63) is 22.5 Å². The van der Waals surface area contributed by atoms with Gasteiger partial charge in [0.05, 0.1) is 6.61 Å². The molecule has 14 heavy (non-hydrogen) atoms. The minimum Gasteiger partial charge on any atom is -0.461 e. The van der Waals surface area contributed by atoms with E-state index in [9.17, 15) is 4.79 Å². The highest BCUT2D eigenvalue weighted by Crippen LogP contribution is 2.47. The summed E-state index contributed by atoms with van der Waals surface area (Å²) in [6.07, 6.45) is 3.39. The summed E-state index contributed by atoms with van der Waals surface area (Å²) in [5.74, 6) is 0.553. The maximum Gasteiger partial charge on any atom is 0.355 e. The molecule has 0 saturated heterocycles. The number of esters is 1. The number of aromatic nitrogens is 1. The number of hydrogen-bond donors (Lipinski definition) is 1. The Balaban J connectivity index is 2.00. The van der Waals surface area contributed by atoms with Crippen LogP contribution in [0.4, 0.5) is 0 Å². The third-order valence-corrected chi connectivity index (χ3v) is 3.31. The van der Waals surface area contributed by atoms with Crippen LogP contribution in [-0.4, -0.2) is 17.6 Å². The van der Waals surface area contributed by atoms with Crippen LogP contribution in [0.15, 0.2) is 0 Å². The summed E-state index contributed by atoms with van der Waals surface area (Å²) in [5, 5.41) is 0. The fraction of sp³-hybridized carbons (Fsp3) is 0.545. The quantitative estimate of drug-likeness (QED) is 0.724. The lowest BCUT2D eigenvalue weighted by Crippen LogP contribution is -2.12. The average Bonchev–Trinajstić information content (AvgIpc) is 2.53. The number of hydrogen-bond acceptors (Lipinski definition) is 2. The minimum absolute atomic E-state index is 0.183. The highest BCUT2D eigenvalue weighted by atomic mass is 16.5. The molecule has 1 atom stereocenters. The minimum atomic E-state index is -0.183. The lowest BCUT2D eigenvalue weighted by atomic mass is 9.84. The normalized spacial score (nSPS) is 21.6. The smallest absolute Gasteiger partial charge is 0.355 e. The summed E-state index contributed by atoms with van der Waals surface area (Å²) in [6, 6.07) is 0. The SMILES string of the molecule is CCOC(=O)c1[nH]c2c3c1CCC3C2. The summed E-state index contributed by atoms with van der Waals surface area (Å²) >= 11 is 0. The van der Waals surface area contributed by atoms with Crippen LogP contribution in [0.1, 0.15) is 46.6 Å². The molecular formula is C11H13NO2. The number of ether oxygens (including phenoxy) is 1. The second-order valence-corrected chi connectivity index (χ2v) is 4.03. The molecule has 1 unspecified atom stereocenters. The van der Waals surface area contributed by atoms with Crippen LogP contribution >= 0.6 is 0 Å². The van der Waals surface area contributed by atoms with Gasteiger partial charge in [-0.15, -0.1) is 0 Å². The molecule has 0 saturated carbocycles. The number of rotatable bonds is 2. The predicted octanol–water partition coefficient (Wildman–Crippen LogP) is 1.78. The zero-order valence-electron chi connectivity index (χ0n) is 8.22. The van der Waals surface area contributed by atoms with Crippen LogP contribution in [-0.2, 0) is 17.6 Å². The Kier molecular flexibility index (Phi) is 1.52. The van der Waals surface area contributed by atoms with Gasteiger partial charge in [-0.2, -0.15) is 0 Å². The zero-order valence-corrected chi connectivity index (χ0v) is 8.22. The molecule has 3 heteroatoms. The van der Waals surface area contributed by atoms with E-state index in [0.717, 1.165) is 24.5 Å². The highest BCUT2D eigenvalue weighted by molar-refractivity contribution is 5.90. The summed E-state index contributed by atoms with van der Waals surface area (Å²) in [7, 11) is 0. The van der Waals surface area contributed by atoms with Crippen molar-refractivity contribution in [3.63, 3.8) is 0 Å². The van der Waals surface area contributed by atoms with E-state index in [4.69, 9.17) is 4.74 Å². The van der Waals surface area contributed by atoms with Crippen LogP contribution in [0.25, 0.3) is 0 Å². The standard InChI is InChI=1S/C11H13NO2/c1-2-14-11(13)10-7-4-3-6-5-8(12-10)9(6)7/h6,12H,2-5H2,1H3. The van der Waals surface area contributed by atoms with Gasteiger partial charge in [0, 0.05) is 5.69 Å². The molecule has 0 aromatic carbocycles. The largest absolute Gasteiger partial charge is 0.461 e. The first-order valence-electron chi connectivity index (χ1n) is 5.22. The molecule has 0 radical (unpaired) electrons. The lowest BCUT2D eigenvalue weighted by Gasteiger charge is -2.21. The Labute approximate surface area is 82.5 Å². The Morgan fingerprint density at radius 3 is 3.29 bits per heavy atom. The lowest BCUT2D eigenvalue weighted by molar-refractivity contribution is 0.0519. The second-order valence-electron chi connectivity index (χ2n) is 4.03. The van der Waals surface area contributed by atoms with Gasteiger partial charge in [0.2, 0.25) is 0 Å². The van der Waals surface area contributed by atoms with Crippen molar-refractivity contribution in [2.45, 2.75) is 32.1 Å². The molecule has 1 aromatic heterocycles. The van der Waals surface area contributed by atoms with Crippen molar-refractivity contribution in [1.29, 1.82) is 0 Å². The van der Waals surface area contributed by atoms with Gasteiger partial charge in [0.1, 0.15) is 5.69 Å². The Morgan fingerprint density at radius 2 is 2.50 bits per heavy atom. The van der Waals surface area contributed by atoms with E-state index in [-0.39, 0.29) is 5.97 Å². The topological polar surface area (TPSA) is 42.1 Å². The van der Waals surface area contributed by atoms with Crippen molar-refractivity contribution < 1.29 is 9.53 Å². The van der Waals surface area contributed by atoms with E-state index in [1.807, 2.05) is 6.92 Å². The predicted molar refractivity (Wildman–Crippen MR) is 51.5 cm³/mol. The number of carbonyl (C=O) groups is 1. The molecule has 0 spiro atoms. The molecule has 0 fully saturated rings. The third-order valence-electron chi connectivity index (χ3n) is 3.31. The zero-order chi connectivity index (χ0) is 9.71. The van der Waals surface area contributed by atoms with Crippen molar-refractivity contribution in [2.24, 2.45) is 0 Å². The summed E-state index contributed by atoms with van der Waals surface area (Å²) in [6.45, 7) is 2.29. The first-order chi connectivity index (χ1) is 6.81. The van der Waals surface area contributed by atoms with E-state index in [0.29, 0.717) is 6.61 Å². The Hall–Kier alpha value is -1.25. The molecule has 3 nitrogen and oxygen atoms in total. The molecule has 0 bridgehead atoms. The molecule has 0 aliphatic heterocycles. The highest BCUT2D eigenvalue weighted by Gasteiger charge is 2.39. The van der Waals surface area contributed by atoms with Crippen molar-refractivity contribution >= 4 is 5.97 Å². The molecule has 74 valence electrons. The maximum absolute atomic E-state index is 11.6. The first-order valence-corrected chi connectivity index (χ1v) is 5.22. The Morgan fingerprint density at radius 1 is 1.64 bits per heavy atom. The van der Waals surface area contributed by atoms with Gasteiger partial charge in [-0.25, -0.2) is 4.79 Å².